The third-order valence-electron chi connectivity index (χ3n) is 5.58. The molecule has 1 fully saturated rings. The number of nitrogens with one attached hydrogen (secondary N) is 1. The van der Waals surface area contributed by atoms with Crippen LogP contribution in [-0.2, 0) is 16.1 Å². The number of hydrogen-bond acceptors (Lipinski definition) is 5. The first-order valence-electron chi connectivity index (χ1n) is 10.5. The summed E-state index contributed by atoms with van der Waals surface area (Å²) in [6, 6.07) is 19.4. The lowest BCUT2D eigenvalue weighted by atomic mass is 9.96. The Hall–Kier alpha value is -3.61. The molecule has 0 bridgehead atoms. The van der Waals surface area contributed by atoms with Gasteiger partial charge >= 0.3 is 0 Å². The number of fused-ring (bicyclic) bond motifs is 1. The van der Waals surface area contributed by atoms with Crippen molar-refractivity contribution in [2.24, 2.45) is 11.7 Å². The summed E-state index contributed by atoms with van der Waals surface area (Å²) in [6.07, 6.45) is 1.46. The summed E-state index contributed by atoms with van der Waals surface area (Å²) < 4.78 is 5.81. The maximum absolute atomic E-state index is 12.2. The number of nitrogens with two attached hydrogens (primary N) is 1. The van der Waals surface area contributed by atoms with Gasteiger partial charge in [0.25, 0.3) is 5.91 Å². The van der Waals surface area contributed by atoms with Crippen LogP contribution >= 0.6 is 0 Å². The summed E-state index contributed by atoms with van der Waals surface area (Å²) in [5, 5.41) is 3.81. The molecule has 7 heteroatoms. The van der Waals surface area contributed by atoms with Crippen molar-refractivity contribution >= 4 is 28.5 Å². The van der Waals surface area contributed by atoms with E-state index in [1.165, 1.54) is 0 Å². The average molecular weight is 418 g/mol. The SMILES string of the molecule is NC(=O)C1CCN(c2ccc3cccc(OCC(=O)NCc4ccccc4)c3n2)CC1. The summed E-state index contributed by atoms with van der Waals surface area (Å²) in [4.78, 5) is 30.6. The summed E-state index contributed by atoms with van der Waals surface area (Å²) in [6.45, 7) is 1.85. The first-order valence-corrected chi connectivity index (χ1v) is 10.5. The van der Waals surface area contributed by atoms with Crippen molar-refractivity contribution in [3.8, 4) is 5.75 Å². The van der Waals surface area contributed by atoms with Crippen molar-refractivity contribution in [3.05, 3.63) is 66.2 Å². The monoisotopic (exact) mass is 418 g/mol. The number of hydrogen-bond donors (Lipinski definition) is 2. The number of carbonyl (C=O) groups is 2. The maximum Gasteiger partial charge on any atom is 0.258 e. The highest BCUT2D eigenvalue weighted by Crippen LogP contribution is 2.28. The molecule has 1 aliphatic rings. The fraction of sp³-hybridized carbons (Fsp3) is 0.292. The smallest absolute Gasteiger partial charge is 0.258 e. The van der Waals surface area contributed by atoms with Crippen LogP contribution in [0.25, 0.3) is 10.9 Å². The lowest BCUT2D eigenvalue weighted by Gasteiger charge is -2.31. The number of para-hydroxylation sites is 1. The number of nitrogens with zero attached hydrogens (tertiary/aromatic N) is 2. The second kappa shape index (κ2) is 9.47. The van der Waals surface area contributed by atoms with Crippen LogP contribution in [0.5, 0.6) is 5.75 Å². The van der Waals surface area contributed by atoms with Gasteiger partial charge < -0.3 is 20.7 Å². The number of piperidine rings is 1. The molecule has 0 spiro atoms. The lowest BCUT2D eigenvalue weighted by Crippen LogP contribution is -2.38. The molecule has 2 heterocycles. The number of carbonyl (C=O) groups excluding carboxylic acids is 2. The first-order chi connectivity index (χ1) is 15.1. The molecule has 0 atom stereocenters. The molecule has 2 amide bonds. The van der Waals surface area contributed by atoms with E-state index in [0.717, 1.165) is 42.7 Å². The minimum atomic E-state index is -0.229. The molecule has 3 aromatic rings. The molecule has 7 nitrogen and oxygen atoms in total. The van der Waals surface area contributed by atoms with Crippen molar-refractivity contribution < 1.29 is 14.3 Å². The highest BCUT2D eigenvalue weighted by atomic mass is 16.5. The molecule has 160 valence electrons. The van der Waals surface area contributed by atoms with Gasteiger partial charge in [-0.05, 0) is 36.6 Å². The largest absolute Gasteiger partial charge is 0.481 e. The normalized spacial score (nSPS) is 14.4. The van der Waals surface area contributed by atoms with Crippen LogP contribution in [0, 0.1) is 5.92 Å². The summed E-state index contributed by atoms with van der Waals surface area (Å²) in [5.41, 5.74) is 7.19. The fourth-order valence-electron chi connectivity index (χ4n) is 3.79. The predicted octanol–water partition coefficient (Wildman–Crippen LogP) is 2.63. The minimum Gasteiger partial charge on any atom is -0.481 e. The molecular weight excluding hydrogens is 392 g/mol. The van der Waals surface area contributed by atoms with E-state index in [-0.39, 0.29) is 24.3 Å². The van der Waals surface area contributed by atoms with Gasteiger partial charge in [0.15, 0.2) is 6.61 Å². The summed E-state index contributed by atoms with van der Waals surface area (Å²) in [7, 11) is 0. The van der Waals surface area contributed by atoms with Crippen molar-refractivity contribution in [2.75, 3.05) is 24.6 Å². The highest BCUT2D eigenvalue weighted by molar-refractivity contribution is 5.86. The van der Waals surface area contributed by atoms with Gasteiger partial charge in [0.1, 0.15) is 17.1 Å². The number of amides is 2. The van der Waals surface area contributed by atoms with Gasteiger partial charge in [-0.3, -0.25) is 9.59 Å². The van der Waals surface area contributed by atoms with Gasteiger partial charge in [-0.2, -0.15) is 0 Å². The average Bonchev–Trinajstić information content (AvgIpc) is 2.81. The Bertz CT molecular complexity index is 1060. The Labute approximate surface area is 181 Å². The van der Waals surface area contributed by atoms with E-state index in [9.17, 15) is 9.59 Å². The fourth-order valence-corrected chi connectivity index (χ4v) is 3.79. The zero-order valence-corrected chi connectivity index (χ0v) is 17.3. The van der Waals surface area contributed by atoms with E-state index in [1.807, 2.05) is 60.7 Å². The molecule has 1 aliphatic heterocycles. The Morgan fingerprint density at radius 3 is 2.55 bits per heavy atom. The third-order valence-corrected chi connectivity index (χ3v) is 5.58. The van der Waals surface area contributed by atoms with Crippen LogP contribution < -0.4 is 20.7 Å². The first kappa shape index (κ1) is 20.7. The number of benzene rings is 2. The number of pyridine rings is 1. The molecule has 4 rings (SSSR count). The number of primary amides is 1. The molecule has 2 aromatic carbocycles. The topological polar surface area (TPSA) is 97.5 Å². The van der Waals surface area contributed by atoms with Crippen LogP contribution in [0.1, 0.15) is 18.4 Å². The highest BCUT2D eigenvalue weighted by Gasteiger charge is 2.24. The van der Waals surface area contributed by atoms with Gasteiger partial charge in [0.05, 0.1) is 0 Å². The van der Waals surface area contributed by atoms with E-state index in [0.29, 0.717) is 17.8 Å². The zero-order chi connectivity index (χ0) is 21.6. The molecule has 31 heavy (non-hydrogen) atoms. The molecule has 1 saturated heterocycles. The van der Waals surface area contributed by atoms with Crippen LogP contribution in [0.3, 0.4) is 0 Å². The number of ether oxygens (including phenoxy) is 1. The molecule has 0 radical (unpaired) electrons. The molecule has 0 aliphatic carbocycles. The number of anilines is 1. The van der Waals surface area contributed by atoms with Crippen LogP contribution in [0.15, 0.2) is 60.7 Å². The van der Waals surface area contributed by atoms with Crippen LogP contribution in [-0.4, -0.2) is 36.5 Å². The quantitative estimate of drug-likeness (QED) is 0.615. The lowest BCUT2D eigenvalue weighted by molar-refractivity contribution is -0.123. The van der Waals surface area contributed by atoms with E-state index in [1.54, 1.807) is 0 Å². The van der Waals surface area contributed by atoms with E-state index in [2.05, 4.69) is 10.2 Å². The molecule has 0 unspecified atom stereocenters. The van der Waals surface area contributed by atoms with Crippen LogP contribution in [0.2, 0.25) is 0 Å². The van der Waals surface area contributed by atoms with E-state index in [4.69, 9.17) is 15.5 Å². The Morgan fingerprint density at radius 2 is 1.81 bits per heavy atom. The Morgan fingerprint density at radius 1 is 1.03 bits per heavy atom. The maximum atomic E-state index is 12.2. The molecule has 3 N–H and O–H groups in total. The standard InChI is InChI=1S/C24H26N4O3/c25-24(30)19-11-13-28(14-12-19)21-10-9-18-7-4-8-20(23(18)27-21)31-16-22(29)26-15-17-5-2-1-3-6-17/h1-10,19H,11-16H2,(H2,25,30)(H,26,29). The van der Waals surface area contributed by atoms with E-state index < -0.39 is 0 Å². The number of aromatic nitrogens is 1. The molecule has 0 saturated carbocycles. The van der Waals surface area contributed by atoms with Gasteiger partial charge in [-0.15, -0.1) is 0 Å². The second-order valence-corrected chi connectivity index (χ2v) is 7.71. The van der Waals surface area contributed by atoms with Crippen LogP contribution in [0.4, 0.5) is 5.82 Å². The van der Waals surface area contributed by atoms with Crippen molar-refractivity contribution in [1.82, 2.24) is 10.3 Å². The van der Waals surface area contributed by atoms with Crippen molar-refractivity contribution in [2.45, 2.75) is 19.4 Å². The van der Waals surface area contributed by atoms with Gasteiger partial charge in [-0.1, -0.05) is 42.5 Å². The molecule has 1 aromatic heterocycles. The summed E-state index contributed by atoms with van der Waals surface area (Å²) >= 11 is 0. The number of rotatable bonds is 7. The van der Waals surface area contributed by atoms with Crippen molar-refractivity contribution in [3.63, 3.8) is 0 Å². The second-order valence-electron chi connectivity index (χ2n) is 7.71. The van der Waals surface area contributed by atoms with Gasteiger partial charge in [0, 0.05) is 30.9 Å². The Kier molecular flexibility index (Phi) is 6.31. The van der Waals surface area contributed by atoms with Gasteiger partial charge in [-0.25, -0.2) is 4.98 Å². The van der Waals surface area contributed by atoms with E-state index >= 15 is 0 Å². The minimum absolute atomic E-state index is 0.0648. The zero-order valence-electron chi connectivity index (χ0n) is 17.3. The van der Waals surface area contributed by atoms with Gasteiger partial charge in [0.2, 0.25) is 5.91 Å². The Balaban J connectivity index is 1.41. The predicted molar refractivity (Wildman–Crippen MR) is 120 cm³/mol. The summed E-state index contributed by atoms with van der Waals surface area (Å²) in [5.74, 6) is 0.920. The third kappa shape index (κ3) is 5.12. The molecular formula is C24H26N4O3. The van der Waals surface area contributed by atoms with Crippen molar-refractivity contribution in [1.29, 1.82) is 0 Å².